The van der Waals surface area contributed by atoms with Crippen LogP contribution in [0.4, 0.5) is 0 Å². The topological polar surface area (TPSA) is 51.2 Å². The highest BCUT2D eigenvalue weighted by atomic mass is 35.5. The largest absolute Gasteiger partial charge is 0.474 e. The molecular formula is C19H20Cl2N2O2S. The van der Waals surface area contributed by atoms with E-state index in [1.54, 1.807) is 17.4 Å². The summed E-state index contributed by atoms with van der Waals surface area (Å²) in [6.45, 7) is 4.61. The van der Waals surface area contributed by atoms with Crippen molar-refractivity contribution in [3.05, 3.63) is 57.5 Å². The van der Waals surface area contributed by atoms with Gasteiger partial charge in [-0.2, -0.15) is 0 Å². The molecule has 0 saturated carbocycles. The fourth-order valence-corrected chi connectivity index (χ4v) is 3.24. The van der Waals surface area contributed by atoms with Crippen molar-refractivity contribution in [2.75, 3.05) is 0 Å². The Hall–Kier alpha value is -1.82. The summed E-state index contributed by atoms with van der Waals surface area (Å²) in [5.41, 5.74) is 1.14. The second-order valence-corrected chi connectivity index (χ2v) is 7.36. The van der Waals surface area contributed by atoms with Crippen molar-refractivity contribution in [3.63, 3.8) is 0 Å². The molecule has 3 aromatic rings. The zero-order valence-electron chi connectivity index (χ0n) is 14.5. The maximum Gasteiger partial charge on any atom is 0.232 e. The highest BCUT2D eigenvalue weighted by Gasteiger charge is 2.07. The molecule has 0 radical (unpaired) electrons. The predicted molar refractivity (Wildman–Crippen MR) is 109 cm³/mol. The summed E-state index contributed by atoms with van der Waals surface area (Å²) in [4.78, 5) is 14.1. The van der Waals surface area contributed by atoms with E-state index < -0.39 is 0 Å². The third-order valence-electron chi connectivity index (χ3n) is 3.57. The molecule has 1 aromatic carbocycles. The fourth-order valence-electron chi connectivity index (χ4n) is 2.05. The molecule has 0 bridgehead atoms. The van der Waals surface area contributed by atoms with E-state index in [9.17, 15) is 4.79 Å². The number of rotatable bonds is 6. The van der Waals surface area contributed by atoms with Crippen molar-refractivity contribution < 1.29 is 9.53 Å². The van der Waals surface area contributed by atoms with E-state index in [0.717, 1.165) is 18.4 Å². The Balaban J connectivity index is 0.000000187. The van der Waals surface area contributed by atoms with Crippen molar-refractivity contribution in [1.29, 1.82) is 0 Å². The van der Waals surface area contributed by atoms with Crippen LogP contribution in [-0.4, -0.2) is 17.5 Å². The minimum atomic E-state index is 0.117. The summed E-state index contributed by atoms with van der Waals surface area (Å²) in [6.07, 6.45) is 3.27. The van der Waals surface area contributed by atoms with E-state index in [2.05, 4.69) is 33.9 Å². The van der Waals surface area contributed by atoms with Gasteiger partial charge in [-0.05, 0) is 53.9 Å². The molecule has 0 aliphatic heterocycles. The number of fused-ring (bicyclic) bond motifs is 1. The van der Waals surface area contributed by atoms with E-state index >= 15 is 0 Å². The second-order valence-electron chi connectivity index (χ2n) is 5.57. The lowest BCUT2D eigenvalue weighted by atomic mass is 10.2. The molecule has 1 atom stereocenters. The van der Waals surface area contributed by atoms with Crippen molar-refractivity contribution in [3.8, 4) is 5.88 Å². The average molecular weight is 411 g/mol. The maximum absolute atomic E-state index is 10.1. The summed E-state index contributed by atoms with van der Waals surface area (Å²) < 4.78 is 6.73. The van der Waals surface area contributed by atoms with Gasteiger partial charge < -0.3 is 10.1 Å². The standard InChI is InChI=1S/C10H9NOS.C9H11Cl2NO/c12-7-11-6-8-1-2-10-9(5-8)3-4-13-10;1-3-6(2)13-9-8(11)4-7(10)5-12-9/h1-5,7H,6H2,(H,11,12);4-6H,3H2,1-2H3. The van der Waals surface area contributed by atoms with Crippen molar-refractivity contribution >= 4 is 51.0 Å². The van der Waals surface area contributed by atoms with Crippen LogP contribution in [0, 0.1) is 0 Å². The number of carbonyl (C=O) groups is 1. The van der Waals surface area contributed by atoms with E-state index in [1.165, 1.54) is 16.3 Å². The molecule has 0 fully saturated rings. The van der Waals surface area contributed by atoms with Crippen molar-refractivity contribution in [2.24, 2.45) is 0 Å². The van der Waals surface area contributed by atoms with Crippen LogP contribution in [0.5, 0.6) is 5.88 Å². The third kappa shape index (κ3) is 6.16. The first-order valence-electron chi connectivity index (χ1n) is 8.14. The Labute approximate surface area is 167 Å². The molecule has 2 aromatic heterocycles. The molecule has 0 aliphatic carbocycles. The van der Waals surface area contributed by atoms with Crippen LogP contribution in [-0.2, 0) is 11.3 Å². The summed E-state index contributed by atoms with van der Waals surface area (Å²) >= 11 is 13.3. The van der Waals surface area contributed by atoms with E-state index in [4.69, 9.17) is 27.9 Å². The Kier molecular flexibility index (Phi) is 8.16. The quantitative estimate of drug-likeness (QED) is 0.529. The number of amides is 1. The van der Waals surface area contributed by atoms with E-state index in [-0.39, 0.29) is 6.10 Å². The normalized spacial score (nSPS) is 11.4. The number of thiophene rings is 1. The number of pyridine rings is 1. The third-order valence-corrected chi connectivity index (χ3v) is 4.94. The van der Waals surface area contributed by atoms with Gasteiger partial charge in [0.2, 0.25) is 12.3 Å². The summed E-state index contributed by atoms with van der Waals surface area (Å²) in [5.74, 6) is 0.445. The molecule has 4 nitrogen and oxygen atoms in total. The Morgan fingerprint density at radius 2 is 2.12 bits per heavy atom. The lowest BCUT2D eigenvalue weighted by Gasteiger charge is -2.12. The van der Waals surface area contributed by atoms with E-state index in [0.29, 0.717) is 22.5 Å². The highest BCUT2D eigenvalue weighted by molar-refractivity contribution is 7.17. The predicted octanol–water partition coefficient (Wildman–Crippen LogP) is 5.71. The first-order valence-corrected chi connectivity index (χ1v) is 9.78. The van der Waals surface area contributed by atoms with Gasteiger partial charge in [0.15, 0.2) is 0 Å². The van der Waals surface area contributed by atoms with Crippen LogP contribution in [0.3, 0.4) is 0 Å². The molecule has 138 valence electrons. The number of hydrogen-bond donors (Lipinski definition) is 1. The van der Waals surface area contributed by atoms with Crippen LogP contribution in [0.25, 0.3) is 10.1 Å². The number of benzene rings is 1. The maximum atomic E-state index is 10.1. The summed E-state index contributed by atoms with van der Waals surface area (Å²) in [5, 5.41) is 6.93. The average Bonchev–Trinajstić information content (AvgIpc) is 3.10. The number of carbonyl (C=O) groups excluding carboxylic acids is 1. The molecule has 1 unspecified atom stereocenters. The summed E-state index contributed by atoms with van der Waals surface area (Å²) in [6, 6.07) is 9.93. The van der Waals surface area contributed by atoms with Crippen molar-refractivity contribution in [1.82, 2.24) is 10.3 Å². The van der Waals surface area contributed by atoms with Gasteiger partial charge in [-0.15, -0.1) is 11.3 Å². The van der Waals surface area contributed by atoms with Gasteiger partial charge in [0, 0.05) is 17.4 Å². The fraction of sp³-hybridized carbons (Fsp3) is 0.263. The lowest BCUT2D eigenvalue weighted by molar-refractivity contribution is -0.109. The SMILES string of the molecule is CCC(C)Oc1ncc(Cl)cc1Cl.O=CNCc1ccc2sccc2c1. The second kappa shape index (κ2) is 10.4. The molecule has 0 saturated heterocycles. The number of aromatic nitrogens is 1. The highest BCUT2D eigenvalue weighted by Crippen LogP contribution is 2.25. The number of hydrogen-bond acceptors (Lipinski definition) is 4. The van der Waals surface area contributed by atoms with Crippen LogP contribution >= 0.6 is 34.5 Å². The molecule has 2 heterocycles. The Bertz CT molecular complexity index is 854. The van der Waals surface area contributed by atoms with Crippen molar-refractivity contribution in [2.45, 2.75) is 32.9 Å². The van der Waals surface area contributed by atoms with E-state index in [1.807, 2.05) is 19.9 Å². The van der Waals surface area contributed by atoms with Crippen LogP contribution in [0.15, 0.2) is 41.9 Å². The first kappa shape index (κ1) is 20.5. The van der Waals surface area contributed by atoms with Gasteiger partial charge in [-0.1, -0.05) is 36.2 Å². The zero-order valence-corrected chi connectivity index (χ0v) is 16.9. The molecule has 0 spiro atoms. The number of ether oxygens (including phenoxy) is 1. The minimum Gasteiger partial charge on any atom is -0.474 e. The van der Waals surface area contributed by atoms with Crippen LogP contribution in [0.1, 0.15) is 25.8 Å². The molecule has 1 N–H and O–H groups in total. The van der Waals surface area contributed by atoms with Gasteiger partial charge in [0.05, 0.1) is 11.1 Å². The lowest BCUT2D eigenvalue weighted by Crippen LogP contribution is -2.10. The Morgan fingerprint density at radius 1 is 1.31 bits per heavy atom. The molecular weight excluding hydrogens is 391 g/mol. The van der Waals surface area contributed by atoms with Gasteiger partial charge in [0.25, 0.3) is 0 Å². The first-order chi connectivity index (χ1) is 12.5. The number of nitrogens with one attached hydrogen (secondary N) is 1. The van der Waals surface area contributed by atoms with Gasteiger partial charge in [0.1, 0.15) is 5.02 Å². The molecule has 3 rings (SSSR count). The molecule has 7 heteroatoms. The number of halogens is 2. The van der Waals surface area contributed by atoms with Gasteiger partial charge in [-0.3, -0.25) is 4.79 Å². The molecule has 26 heavy (non-hydrogen) atoms. The summed E-state index contributed by atoms with van der Waals surface area (Å²) in [7, 11) is 0. The molecule has 1 amide bonds. The van der Waals surface area contributed by atoms with Gasteiger partial charge in [-0.25, -0.2) is 4.98 Å². The van der Waals surface area contributed by atoms with Crippen LogP contribution < -0.4 is 10.1 Å². The number of nitrogens with zero attached hydrogens (tertiary/aromatic N) is 1. The zero-order chi connectivity index (χ0) is 18.9. The Morgan fingerprint density at radius 3 is 2.81 bits per heavy atom. The minimum absolute atomic E-state index is 0.117. The van der Waals surface area contributed by atoms with Gasteiger partial charge >= 0.3 is 0 Å². The van der Waals surface area contributed by atoms with Crippen LogP contribution in [0.2, 0.25) is 10.0 Å². The molecule has 0 aliphatic rings. The monoisotopic (exact) mass is 410 g/mol. The smallest absolute Gasteiger partial charge is 0.232 e.